The molecule has 3 rings (SSSR count). The minimum atomic E-state index is -0.979. The van der Waals surface area contributed by atoms with Gasteiger partial charge in [0.15, 0.2) is 6.10 Å². The maximum atomic E-state index is 12.3. The summed E-state index contributed by atoms with van der Waals surface area (Å²) in [4.78, 5) is 38.5. The van der Waals surface area contributed by atoms with E-state index in [1.54, 1.807) is 30.3 Å². The number of hydrogen-bond acceptors (Lipinski definition) is 5. The van der Waals surface area contributed by atoms with Crippen LogP contribution >= 0.6 is 0 Å². The number of hydrogen-bond donors (Lipinski definition) is 2. The van der Waals surface area contributed by atoms with Crippen molar-refractivity contribution in [3.05, 3.63) is 60.2 Å². The van der Waals surface area contributed by atoms with Gasteiger partial charge in [-0.05, 0) is 62.6 Å². The van der Waals surface area contributed by atoms with Crippen molar-refractivity contribution in [2.75, 3.05) is 29.9 Å². The van der Waals surface area contributed by atoms with E-state index in [0.717, 1.165) is 18.8 Å². The quantitative estimate of drug-likeness (QED) is 0.687. The molecule has 0 bridgehead atoms. The lowest BCUT2D eigenvalue weighted by atomic mass is 10.1. The molecule has 1 heterocycles. The number of carbonyl (C=O) groups is 3. The van der Waals surface area contributed by atoms with Gasteiger partial charge in [0.1, 0.15) is 6.54 Å². The second-order valence-corrected chi connectivity index (χ2v) is 7.26. The first-order valence-corrected chi connectivity index (χ1v) is 10.2. The molecular formula is C23H27N3O4. The standard InChI is InChI=1S/C23H27N3O4/c1-17(30-21(27)16-24-23(29)18-8-4-2-5-9-18)22(28)25-19-10-12-20(13-11-19)26-14-6-3-7-15-26/h2,4-5,8-13,17H,3,6-7,14-16H2,1H3,(H,24,29)(H,25,28)/t17-/m0/s1. The van der Waals surface area contributed by atoms with Gasteiger partial charge in [-0.15, -0.1) is 0 Å². The predicted octanol–water partition coefficient (Wildman–Crippen LogP) is 2.98. The van der Waals surface area contributed by atoms with Crippen molar-refractivity contribution in [3.8, 4) is 0 Å². The number of piperidine rings is 1. The van der Waals surface area contributed by atoms with Gasteiger partial charge in [0, 0.05) is 30.0 Å². The van der Waals surface area contributed by atoms with Gasteiger partial charge in [0.2, 0.25) is 0 Å². The van der Waals surface area contributed by atoms with Crippen LogP contribution in [0.25, 0.3) is 0 Å². The first-order valence-electron chi connectivity index (χ1n) is 10.2. The van der Waals surface area contributed by atoms with Crippen LogP contribution in [0, 0.1) is 0 Å². The smallest absolute Gasteiger partial charge is 0.326 e. The van der Waals surface area contributed by atoms with Gasteiger partial charge < -0.3 is 20.3 Å². The molecule has 2 N–H and O–H groups in total. The van der Waals surface area contributed by atoms with E-state index in [2.05, 4.69) is 15.5 Å². The number of benzene rings is 2. The van der Waals surface area contributed by atoms with Gasteiger partial charge in [-0.2, -0.15) is 0 Å². The molecule has 0 saturated carbocycles. The number of amides is 2. The SMILES string of the molecule is C[C@H](OC(=O)CNC(=O)c1ccccc1)C(=O)Nc1ccc(N2CCCCC2)cc1. The number of nitrogens with zero attached hydrogens (tertiary/aromatic N) is 1. The zero-order chi connectivity index (χ0) is 21.3. The number of ether oxygens (including phenoxy) is 1. The summed E-state index contributed by atoms with van der Waals surface area (Å²) in [5.74, 6) is -1.48. The maximum Gasteiger partial charge on any atom is 0.326 e. The van der Waals surface area contributed by atoms with Crippen LogP contribution in [0.1, 0.15) is 36.5 Å². The fourth-order valence-electron chi connectivity index (χ4n) is 3.29. The Morgan fingerprint density at radius 3 is 2.30 bits per heavy atom. The zero-order valence-corrected chi connectivity index (χ0v) is 17.1. The molecule has 1 aliphatic heterocycles. The van der Waals surface area contributed by atoms with E-state index in [0.29, 0.717) is 11.3 Å². The highest BCUT2D eigenvalue weighted by Gasteiger charge is 2.19. The normalized spacial score (nSPS) is 14.5. The van der Waals surface area contributed by atoms with E-state index in [1.807, 2.05) is 24.3 Å². The number of carbonyl (C=O) groups excluding carboxylic acids is 3. The van der Waals surface area contributed by atoms with E-state index in [4.69, 9.17) is 4.74 Å². The van der Waals surface area contributed by atoms with Crippen LogP contribution in [0.15, 0.2) is 54.6 Å². The Balaban J connectivity index is 1.43. The molecule has 158 valence electrons. The predicted molar refractivity (Wildman–Crippen MR) is 115 cm³/mol. The number of esters is 1. The first kappa shape index (κ1) is 21.4. The average Bonchev–Trinajstić information content (AvgIpc) is 2.79. The van der Waals surface area contributed by atoms with E-state index < -0.39 is 18.0 Å². The summed E-state index contributed by atoms with van der Waals surface area (Å²) in [5.41, 5.74) is 2.23. The number of nitrogens with one attached hydrogen (secondary N) is 2. The summed E-state index contributed by atoms with van der Waals surface area (Å²) in [6, 6.07) is 16.2. The summed E-state index contributed by atoms with van der Waals surface area (Å²) in [6.07, 6.45) is 2.70. The van der Waals surface area contributed by atoms with Gasteiger partial charge in [0.05, 0.1) is 0 Å². The van der Waals surface area contributed by atoms with E-state index in [9.17, 15) is 14.4 Å². The topological polar surface area (TPSA) is 87.7 Å². The molecule has 1 atom stereocenters. The fraction of sp³-hybridized carbons (Fsp3) is 0.348. The Labute approximate surface area is 176 Å². The minimum absolute atomic E-state index is 0.310. The van der Waals surface area contributed by atoms with E-state index >= 15 is 0 Å². The van der Waals surface area contributed by atoms with Gasteiger partial charge in [-0.25, -0.2) is 0 Å². The third-order valence-electron chi connectivity index (χ3n) is 4.96. The Bertz CT molecular complexity index is 862. The summed E-state index contributed by atoms with van der Waals surface area (Å²) in [5, 5.41) is 5.23. The van der Waals surface area contributed by atoms with Crippen molar-refractivity contribution in [1.29, 1.82) is 0 Å². The molecule has 0 radical (unpaired) electrons. The molecule has 1 fully saturated rings. The van der Waals surface area contributed by atoms with Crippen molar-refractivity contribution >= 4 is 29.2 Å². The lowest BCUT2D eigenvalue weighted by Crippen LogP contribution is -2.35. The van der Waals surface area contributed by atoms with Gasteiger partial charge in [-0.1, -0.05) is 18.2 Å². The molecule has 2 amide bonds. The molecule has 0 aromatic heterocycles. The second kappa shape index (κ2) is 10.4. The molecule has 2 aromatic rings. The van der Waals surface area contributed by atoms with Crippen LogP contribution in [-0.4, -0.2) is 43.5 Å². The van der Waals surface area contributed by atoms with Crippen molar-refractivity contribution in [3.63, 3.8) is 0 Å². The molecule has 30 heavy (non-hydrogen) atoms. The summed E-state index contributed by atoms with van der Waals surface area (Å²) in [6.45, 7) is 3.29. The monoisotopic (exact) mass is 409 g/mol. The molecule has 2 aromatic carbocycles. The van der Waals surface area contributed by atoms with Crippen molar-refractivity contribution < 1.29 is 19.1 Å². The Morgan fingerprint density at radius 2 is 1.63 bits per heavy atom. The molecule has 0 aliphatic carbocycles. The Morgan fingerprint density at radius 1 is 0.967 bits per heavy atom. The second-order valence-electron chi connectivity index (χ2n) is 7.26. The molecular weight excluding hydrogens is 382 g/mol. The summed E-state index contributed by atoms with van der Waals surface area (Å²) in [7, 11) is 0. The van der Waals surface area contributed by atoms with Crippen LogP contribution in [0.3, 0.4) is 0 Å². The minimum Gasteiger partial charge on any atom is -0.451 e. The van der Waals surface area contributed by atoms with E-state index in [-0.39, 0.29) is 12.5 Å². The summed E-state index contributed by atoms with van der Waals surface area (Å²) < 4.78 is 5.12. The highest BCUT2D eigenvalue weighted by molar-refractivity contribution is 5.97. The van der Waals surface area contributed by atoms with Crippen LogP contribution in [0.2, 0.25) is 0 Å². The van der Waals surface area contributed by atoms with Gasteiger partial charge in [0.25, 0.3) is 11.8 Å². The van der Waals surface area contributed by atoms with Gasteiger partial charge in [-0.3, -0.25) is 14.4 Å². The first-order chi connectivity index (χ1) is 14.5. The highest BCUT2D eigenvalue weighted by atomic mass is 16.5. The third-order valence-corrected chi connectivity index (χ3v) is 4.96. The van der Waals surface area contributed by atoms with Crippen molar-refractivity contribution in [2.45, 2.75) is 32.3 Å². The summed E-state index contributed by atoms with van der Waals surface area (Å²) >= 11 is 0. The van der Waals surface area contributed by atoms with E-state index in [1.165, 1.54) is 26.2 Å². The van der Waals surface area contributed by atoms with Crippen LogP contribution in [-0.2, 0) is 14.3 Å². The molecule has 0 spiro atoms. The Kier molecular flexibility index (Phi) is 7.43. The van der Waals surface area contributed by atoms with Crippen molar-refractivity contribution in [2.24, 2.45) is 0 Å². The lowest BCUT2D eigenvalue weighted by Gasteiger charge is -2.28. The molecule has 1 saturated heterocycles. The number of rotatable bonds is 7. The molecule has 7 heteroatoms. The van der Waals surface area contributed by atoms with Gasteiger partial charge >= 0.3 is 5.97 Å². The zero-order valence-electron chi connectivity index (χ0n) is 17.1. The third kappa shape index (κ3) is 6.07. The maximum absolute atomic E-state index is 12.3. The van der Waals surface area contributed by atoms with Crippen LogP contribution < -0.4 is 15.5 Å². The lowest BCUT2D eigenvalue weighted by molar-refractivity contribution is -0.152. The van der Waals surface area contributed by atoms with Crippen LogP contribution in [0.5, 0.6) is 0 Å². The average molecular weight is 409 g/mol. The highest BCUT2D eigenvalue weighted by Crippen LogP contribution is 2.21. The number of anilines is 2. The molecule has 0 unspecified atom stereocenters. The fourth-order valence-corrected chi connectivity index (χ4v) is 3.29. The van der Waals surface area contributed by atoms with Crippen molar-refractivity contribution in [1.82, 2.24) is 5.32 Å². The molecule has 1 aliphatic rings. The molecule has 7 nitrogen and oxygen atoms in total. The largest absolute Gasteiger partial charge is 0.451 e. The Hall–Kier alpha value is -3.35. The van der Waals surface area contributed by atoms with Crippen LogP contribution in [0.4, 0.5) is 11.4 Å².